The van der Waals surface area contributed by atoms with E-state index >= 15 is 0 Å². The van der Waals surface area contributed by atoms with Crippen LogP contribution in [0.2, 0.25) is 0 Å². The summed E-state index contributed by atoms with van der Waals surface area (Å²) < 4.78 is 25.8. The number of methoxy groups -OCH3 is 2. The highest BCUT2D eigenvalue weighted by atomic mass is 19.1. The second-order valence-electron chi connectivity index (χ2n) is 8.34. The molecular weight excluding hydrogens is 445 g/mol. The van der Waals surface area contributed by atoms with Crippen LogP contribution in [0.4, 0.5) is 4.39 Å². The van der Waals surface area contributed by atoms with Crippen molar-refractivity contribution in [2.45, 2.75) is 13.3 Å². The van der Waals surface area contributed by atoms with Crippen molar-refractivity contribution in [3.63, 3.8) is 0 Å². The van der Waals surface area contributed by atoms with Gasteiger partial charge in [-0.05, 0) is 73.5 Å². The van der Waals surface area contributed by atoms with Crippen LogP contribution >= 0.6 is 0 Å². The largest absolute Gasteiger partial charge is 0.493 e. The number of amides is 1. The maximum Gasteiger partial charge on any atom is 0.272 e. The van der Waals surface area contributed by atoms with Crippen LogP contribution in [0.3, 0.4) is 0 Å². The van der Waals surface area contributed by atoms with Gasteiger partial charge in [-0.3, -0.25) is 4.79 Å². The number of hydrogen-bond acceptors (Lipinski definition) is 4. The number of rotatable bonds is 8. The first-order valence-corrected chi connectivity index (χ1v) is 11.3. The van der Waals surface area contributed by atoms with Gasteiger partial charge in [-0.25, -0.2) is 9.07 Å². The van der Waals surface area contributed by atoms with Crippen molar-refractivity contribution >= 4 is 5.91 Å². The lowest BCUT2D eigenvalue weighted by molar-refractivity contribution is 0.0787. The molecule has 0 atom stereocenters. The lowest BCUT2D eigenvalue weighted by Crippen LogP contribution is -2.30. The first kappa shape index (κ1) is 24.0. The van der Waals surface area contributed by atoms with Crippen LogP contribution in [0.15, 0.2) is 72.8 Å². The fourth-order valence-corrected chi connectivity index (χ4v) is 3.81. The summed E-state index contributed by atoms with van der Waals surface area (Å²) in [6.45, 7) is 2.50. The van der Waals surface area contributed by atoms with Gasteiger partial charge in [0.05, 0.1) is 25.6 Å². The van der Waals surface area contributed by atoms with E-state index in [1.807, 2.05) is 49.4 Å². The van der Waals surface area contributed by atoms with Gasteiger partial charge in [0, 0.05) is 19.2 Å². The van der Waals surface area contributed by atoms with Gasteiger partial charge in [0.1, 0.15) is 11.5 Å². The minimum Gasteiger partial charge on any atom is -0.493 e. The summed E-state index contributed by atoms with van der Waals surface area (Å²) in [5, 5.41) is 4.69. The fraction of sp³-hybridized carbons (Fsp3) is 0.214. The van der Waals surface area contributed by atoms with E-state index in [0.29, 0.717) is 35.9 Å². The first-order valence-electron chi connectivity index (χ1n) is 11.3. The minimum atomic E-state index is -0.321. The fourth-order valence-electron chi connectivity index (χ4n) is 3.81. The molecule has 0 spiro atoms. The Kier molecular flexibility index (Phi) is 7.15. The molecule has 0 radical (unpaired) electrons. The smallest absolute Gasteiger partial charge is 0.272 e. The molecule has 0 saturated heterocycles. The van der Waals surface area contributed by atoms with E-state index in [1.165, 1.54) is 12.1 Å². The van der Waals surface area contributed by atoms with Crippen molar-refractivity contribution in [2.24, 2.45) is 0 Å². The highest BCUT2D eigenvalue weighted by Crippen LogP contribution is 2.28. The Morgan fingerprint density at radius 3 is 2.29 bits per heavy atom. The van der Waals surface area contributed by atoms with Gasteiger partial charge in [0.2, 0.25) is 0 Å². The van der Waals surface area contributed by atoms with E-state index in [4.69, 9.17) is 9.47 Å². The summed E-state index contributed by atoms with van der Waals surface area (Å²) in [6, 6.07) is 21.4. The maximum absolute atomic E-state index is 13.5. The normalized spacial score (nSPS) is 10.8. The summed E-state index contributed by atoms with van der Waals surface area (Å²) in [5.74, 6) is 0.834. The maximum atomic E-state index is 13.5. The second kappa shape index (κ2) is 10.4. The van der Waals surface area contributed by atoms with Crippen LogP contribution in [0.1, 0.15) is 21.6 Å². The Bertz CT molecular complexity index is 1310. The summed E-state index contributed by atoms with van der Waals surface area (Å²) in [7, 11) is 4.97. The molecule has 0 N–H and O–H groups in total. The quantitative estimate of drug-likeness (QED) is 0.348. The molecule has 180 valence electrons. The number of nitrogens with zero attached hydrogens (tertiary/aromatic N) is 3. The molecule has 1 aromatic heterocycles. The van der Waals surface area contributed by atoms with Gasteiger partial charge < -0.3 is 14.4 Å². The molecule has 0 aliphatic carbocycles. The molecule has 0 unspecified atom stereocenters. The van der Waals surface area contributed by atoms with Gasteiger partial charge in [0.25, 0.3) is 5.91 Å². The zero-order valence-corrected chi connectivity index (χ0v) is 20.3. The highest BCUT2D eigenvalue weighted by Gasteiger charge is 2.21. The predicted molar refractivity (Wildman–Crippen MR) is 134 cm³/mol. The number of carbonyl (C=O) groups is 1. The molecule has 0 bridgehead atoms. The SMILES string of the molecule is COc1ccc(CCN(C)C(=O)c2cc(-c3ccc(F)cc3)nn2-c2ccc(C)cc2)cc1OC. The van der Waals surface area contributed by atoms with Gasteiger partial charge in [0.15, 0.2) is 11.5 Å². The van der Waals surface area contributed by atoms with Crippen molar-refractivity contribution in [1.82, 2.24) is 14.7 Å². The first-order chi connectivity index (χ1) is 16.9. The third-order valence-corrected chi connectivity index (χ3v) is 5.88. The average Bonchev–Trinajstić information content (AvgIpc) is 3.32. The van der Waals surface area contributed by atoms with Crippen LogP contribution in [-0.2, 0) is 6.42 Å². The number of aromatic nitrogens is 2. The topological polar surface area (TPSA) is 56.6 Å². The molecule has 6 nitrogen and oxygen atoms in total. The number of aryl methyl sites for hydroxylation is 1. The van der Waals surface area contributed by atoms with Crippen LogP contribution < -0.4 is 9.47 Å². The van der Waals surface area contributed by atoms with E-state index in [9.17, 15) is 9.18 Å². The Labute approximate surface area is 204 Å². The van der Waals surface area contributed by atoms with Crippen molar-refractivity contribution in [2.75, 3.05) is 27.8 Å². The average molecular weight is 474 g/mol. The minimum absolute atomic E-state index is 0.160. The molecule has 1 amide bonds. The lowest BCUT2D eigenvalue weighted by Gasteiger charge is -2.18. The Morgan fingerprint density at radius 2 is 1.63 bits per heavy atom. The Balaban J connectivity index is 1.61. The highest BCUT2D eigenvalue weighted by molar-refractivity contribution is 5.94. The van der Waals surface area contributed by atoms with Crippen molar-refractivity contribution in [3.05, 3.63) is 95.4 Å². The van der Waals surface area contributed by atoms with E-state index < -0.39 is 0 Å². The Hall–Kier alpha value is -4.13. The van der Waals surface area contributed by atoms with E-state index in [0.717, 1.165) is 22.4 Å². The number of hydrogen-bond donors (Lipinski definition) is 0. The van der Waals surface area contributed by atoms with Crippen molar-refractivity contribution in [3.8, 4) is 28.4 Å². The standard InChI is InChI=1S/C28H28FN3O3/c1-19-5-12-23(13-6-19)32-25(18-24(30-32)21-8-10-22(29)11-9-21)28(33)31(2)16-15-20-7-14-26(34-3)27(17-20)35-4/h5-14,17-18H,15-16H2,1-4H3. The number of likely N-dealkylation sites (N-methyl/N-ethyl adjacent to an activating group) is 1. The molecule has 7 heteroatoms. The third-order valence-electron chi connectivity index (χ3n) is 5.88. The van der Waals surface area contributed by atoms with Crippen LogP contribution in [0, 0.1) is 12.7 Å². The molecular formula is C28H28FN3O3. The zero-order valence-electron chi connectivity index (χ0n) is 20.3. The number of ether oxygens (including phenoxy) is 2. The molecule has 0 saturated carbocycles. The molecule has 35 heavy (non-hydrogen) atoms. The van der Waals surface area contributed by atoms with Gasteiger partial charge >= 0.3 is 0 Å². The molecule has 4 rings (SSSR count). The van der Waals surface area contributed by atoms with Crippen molar-refractivity contribution < 1.29 is 18.7 Å². The van der Waals surface area contributed by atoms with Crippen LogP contribution in [0.25, 0.3) is 16.9 Å². The number of benzene rings is 3. The summed E-state index contributed by atoms with van der Waals surface area (Å²) in [5.41, 5.74) is 4.69. The summed E-state index contributed by atoms with van der Waals surface area (Å²) in [4.78, 5) is 15.2. The van der Waals surface area contributed by atoms with Crippen LogP contribution in [0.5, 0.6) is 11.5 Å². The Morgan fingerprint density at radius 1 is 0.943 bits per heavy atom. The van der Waals surface area contributed by atoms with Gasteiger partial charge in [-0.15, -0.1) is 0 Å². The third kappa shape index (κ3) is 5.35. The lowest BCUT2D eigenvalue weighted by atomic mass is 10.1. The molecule has 3 aromatic carbocycles. The van der Waals surface area contributed by atoms with E-state index in [2.05, 4.69) is 5.10 Å². The van der Waals surface area contributed by atoms with E-state index in [-0.39, 0.29) is 11.7 Å². The molecule has 0 aliphatic heterocycles. The molecule has 4 aromatic rings. The molecule has 0 fully saturated rings. The van der Waals surface area contributed by atoms with Gasteiger partial charge in [-0.2, -0.15) is 5.10 Å². The second-order valence-corrected chi connectivity index (χ2v) is 8.34. The zero-order chi connectivity index (χ0) is 24.9. The van der Waals surface area contributed by atoms with E-state index in [1.54, 1.807) is 49.0 Å². The molecule has 1 heterocycles. The number of carbonyl (C=O) groups excluding carboxylic acids is 1. The van der Waals surface area contributed by atoms with Crippen molar-refractivity contribution in [1.29, 1.82) is 0 Å². The predicted octanol–water partition coefficient (Wildman–Crippen LogP) is 5.32. The van der Waals surface area contributed by atoms with Gasteiger partial charge in [-0.1, -0.05) is 23.8 Å². The molecule has 0 aliphatic rings. The summed E-state index contributed by atoms with van der Waals surface area (Å²) in [6.07, 6.45) is 0.645. The summed E-state index contributed by atoms with van der Waals surface area (Å²) >= 11 is 0. The number of halogens is 1. The van der Waals surface area contributed by atoms with Crippen LogP contribution in [-0.4, -0.2) is 48.4 Å². The monoisotopic (exact) mass is 473 g/mol.